The summed E-state index contributed by atoms with van der Waals surface area (Å²) < 4.78 is 0. The molecule has 0 aliphatic carbocycles. The molecule has 1 fully saturated rings. The summed E-state index contributed by atoms with van der Waals surface area (Å²) >= 11 is 5.44. The van der Waals surface area contributed by atoms with Crippen LogP contribution < -0.4 is 5.32 Å². The summed E-state index contributed by atoms with van der Waals surface area (Å²) in [5, 5.41) is 10.0. The van der Waals surface area contributed by atoms with Crippen molar-refractivity contribution in [3.8, 4) is 0 Å². The van der Waals surface area contributed by atoms with Gasteiger partial charge in [0.1, 0.15) is 5.84 Å². The van der Waals surface area contributed by atoms with Gasteiger partial charge in [-0.15, -0.1) is 24.0 Å². The van der Waals surface area contributed by atoms with Crippen LogP contribution in [-0.2, 0) is 4.79 Å². The average Bonchev–Trinajstić information content (AvgIpc) is 2.03. The monoisotopic (exact) mass is 211 g/mol. The Balaban J connectivity index is 0.00000121. The minimum Gasteiger partial charge on any atom is -0.353 e. The van der Waals surface area contributed by atoms with Crippen LogP contribution in [0.2, 0.25) is 0 Å². The summed E-state index contributed by atoms with van der Waals surface area (Å²) in [4.78, 5) is 12.5. The maximum absolute atomic E-state index is 10.8. The number of piperazine rings is 1. The number of rotatable bonds is 1. The summed E-state index contributed by atoms with van der Waals surface area (Å²) in [6.45, 7) is 1.57. The van der Waals surface area contributed by atoms with E-state index in [-0.39, 0.29) is 30.7 Å². The maximum atomic E-state index is 10.8. The van der Waals surface area contributed by atoms with Gasteiger partial charge in [0.2, 0.25) is 5.91 Å². The molecule has 0 bridgehead atoms. The summed E-state index contributed by atoms with van der Waals surface area (Å²) in [6.07, 6.45) is 0. The Morgan fingerprint density at radius 1 is 1.75 bits per heavy atom. The number of halogens is 2. The molecule has 0 spiro atoms. The first-order valence-corrected chi connectivity index (χ1v) is 3.92. The Hall–Kier alpha value is -0.480. The quantitative estimate of drug-likeness (QED) is 0.366. The molecule has 0 unspecified atom stereocenters. The zero-order valence-electron chi connectivity index (χ0n) is 6.47. The molecule has 1 aliphatic heterocycles. The molecule has 0 aromatic carbocycles. The van der Waals surface area contributed by atoms with E-state index in [4.69, 9.17) is 17.0 Å². The highest BCUT2D eigenvalue weighted by atomic mass is 35.5. The standard InChI is InChI=1S/C6H10ClN3O.ClH/c7-3-5(8)10-2-1-9-6(11)4-10;/h8H,1-4H2,(H,9,11);1H. The van der Waals surface area contributed by atoms with E-state index in [1.54, 1.807) is 4.90 Å². The van der Waals surface area contributed by atoms with Crippen molar-refractivity contribution in [2.75, 3.05) is 25.5 Å². The van der Waals surface area contributed by atoms with Crippen LogP contribution in [0.5, 0.6) is 0 Å². The third-order valence-corrected chi connectivity index (χ3v) is 1.80. The van der Waals surface area contributed by atoms with E-state index in [0.717, 1.165) is 0 Å². The van der Waals surface area contributed by atoms with Crippen molar-refractivity contribution in [3.63, 3.8) is 0 Å². The van der Waals surface area contributed by atoms with Crippen LogP contribution in [0.25, 0.3) is 0 Å². The van der Waals surface area contributed by atoms with Gasteiger partial charge in [-0.3, -0.25) is 10.2 Å². The smallest absolute Gasteiger partial charge is 0.239 e. The van der Waals surface area contributed by atoms with E-state index in [9.17, 15) is 4.79 Å². The highest BCUT2D eigenvalue weighted by Gasteiger charge is 2.17. The Labute approximate surface area is 82.2 Å². The third kappa shape index (κ3) is 2.87. The van der Waals surface area contributed by atoms with E-state index in [2.05, 4.69) is 5.32 Å². The van der Waals surface area contributed by atoms with Crippen molar-refractivity contribution in [1.82, 2.24) is 10.2 Å². The van der Waals surface area contributed by atoms with E-state index in [0.29, 0.717) is 18.9 Å². The van der Waals surface area contributed by atoms with Crippen LogP contribution >= 0.6 is 24.0 Å². The van der Waals surface area contributed by atoms with E-state index < -0.39 is 0 Å². The summed E-state index contributed by atoms with van der Waals surface area (Å²) in [7, 11) is 0. The second-order valence-electron chi connectivity index (χ2n) is 2.35. The Morgan fingerprint density at radius 2 is 2.42 bits per heavy atom. The van der Waals surface area contributed by atoms with Crippen LogP contribution in [0.4, 0.5) is 0 Å². The van der Waals surface area contributed by atoms with Gasteiger partial charge in [-0.05, 0) is 0 Å². The molecule has 0 radical (unpaired) electrons. The van der Waals surface area contributed by atoms with E-state index in [1.165, 1.54) is 0 Å². The largest absolute Gasteiger partial charge is 0.353 e. The lowest BCUT2D eigenvalue weighted by atomic mass is 10.3. The van der Waals surface area contributed by atoms with Crippen LogP contribution in [0.3, 0.4) is 0 Å². The molecule has 0 atom stereocenters. The van der Waals surface area contributed by atoms with Gasteiger partial charge in [0, 0.05) is 13.1 Å². The summed E-state index contributed by atoms with van der Waals surface area (Å²) in [5.74, 6) is 0.459. The van der Waals surface area contributed by atoms with Gasteiger partial charge in [0.15, 0.2) is 0 Å². The molecule has 6 heteroatoms. The van der Waals surface area contributed by atoms with Crippen LogP contribution in [0.1, 0.15) is 0 Å². The number of hydrogen-bond acceptors (Lipinski definition) is 2. The number of nitrogens with one attached hydrogen (secondary N) is 2. The molecular weight excluding hydrogens is 201 g/mol. The number of nitrogens with zero attached hydrogens (tertiary/aromatic N) is 1. The van der Waals surface area contributed by atoms with Crippen molar-refractivity contribution in [2.45, 2.75) is 0 Å². The van der Waals surface area contributed by atoms with Gasteiger partial charge in [-0.25, -0.2) is 0 Å². The van der Waals surface area contributed by atoms with E-state index in [1.807, 2.05) is 0 Å². The topological polar surface area (TPSA) is 56.2 Å². The lowest BCUT2D eigenvalue weighted by Crippen LogP contribution is -2.50. The van der Waals surface area contributed by atoms with Gasteiger partial charge in [-0.2, -0.15) is 0 Å². The Morgan fingerprint density at radius 3 is 2.92 bits per heavy atom. The fourth-order valence-electron chi connectivity index (χ4n) is 0.953. The SMILES string of the molecule is Cl.N=C(CCl)N1CCNC(=O)C1. The van der Waals surface area contributed by atoms with Crippen molar-refractivity contribution in [1.29, 1.82) is 5.41 Å². The predicted octanol–water partition coefficient (Wildman–Crippen LogP) is 0.0561. The number of carbonyl (C=O) groups is 1. The molecule has 0 aromatic heterocycles. The number of alkyl halides is 1. The number of carbonyl (C=O) groups excluding carboxylic acids is 1. The Bertz CT molecular complexity index is 186. The van der Waals surface area contributed by atoms with Crippen molar-refractivity contribution >= 4 is 35.8 Å². The molecule has 1 amide bonds. The molecular formula is C6H11Cl2N3O. The highest BCUT2D eigenvalue weighted by Crippen LogP contribution is 1.95. The average molecular weight is 212 g/mol. The normalized spacial score (nSPS) is 16.4. The second-order valence-corrected chi connectivity index (χ2v) is 2.62. The fourth-order valence-corrected chi connectivity index (χ4v) is 1.12. The van der Waals surface area contributed by atoms with Crippen LogP contribution in [0, 0.1) is 5.41 Å². The molecule has 2 N–H and O–H groups in total. The minimum atomic E-state index is -0.0360. The predicted molar refractivity (Wildman–Crippen MR) is 50.3 cm³/mol. The highest BCUT2D eigenvalue weighted by molar-refractivity contribution is 6.27. The summed E-state index contributed by atoms with van der Waals surface area (Å²) in [6, 6.07) is 0. The van der Waals surface area contributed by atoms with Crippen LogP contribution in [0.15, 0.2) is 0 Å². The molecule has 0 aromatic rings. The first-order chi connectivity index (χ1) is 5.24. The van der Waals surface area contributed by atoms with Gasteiger partial charge >= 0.3 is 0 Å². The fraction of sp³-hybridized carbons (Fsp3) is 0.667. The Kier molecular flexibility index (Phi) is 5.01. The first kappa shape index (κ1) is 11.5. The molecule has 1 saturated heterocycles. The van der Waals surface area contributed by atoms with Crippen molar-refractivity contribution in [2.24, 2.45) is 0 Å². The molecule has 1 heterocycles. The molecule has 0 saturated carbocycles. The zero-order valence-corrected chi connectivity index (χ0v) is 8.04. The molecule has 1 aliphatic rings. The molecule has 4 nitrogen and oxygen atoms in total. The lowest BCUT2D eigenvalue weighted by molar-refractivity contribution is -0.122. The first-order valence-electron chi connectivity index (χ1n) is 3.39. The zero-order chi connectivity index (χ0) is 8.27. The molecule has 12 heavy (non-hydrogen) atoms. The molecule has 70 valence electrons. The second kappa shape index (κ2) is 5.22. The van der Waals surface area contributed by atoms with E-state index >= 15 is 0 Å². The van der Waals surface area contributed by atoms with Gasteiger partial charge in [0.05, 0.1) is 12.4 Å². The molecule has 1 rings (SSSR count). The number of hydrogen-bond donors (Lipinski definition) is 2. The minimum absolute atomic E-state index is 0. The number of amides is 1. The van der Waals surface area contributed by atoms with Crippen molar-refractivity contribution in [3.05, 3.63) is 0 Å². The van der Waals surface area contributed by atoms with Gasteiger partial charge < -0.3 is 10.2 Å². The lowest BCUT2D eigenvalue weighted by Gasteiger charge is -2.27. The summed E-state index contributed by atoms with van der Waals surface area (Å²) in [5.41, 5.74) is 0. The van der Waals surface area contributed by atoms with Crippen LogP contribution in [-0.4, -0.2) is 42.2 Å². The van der Waals surface area contributed by atoms with Crippen molar-refractivity contribution < 1.29 is 4.79 Å². The van der Waals surface area contributed by atoms with Gasteiger partial charge in [-0.1, -0.05) is 0 Å². The maximum Gasteiger partial charge on any atom is 0.239 e. The third-order valence-electron chi connectivity index (χ3n) is 1.55. The number of amidine groups is 1. The van der Waals surface area contributed by atoms with Gasteiger partial charge in [0.25, 0.3) is 0 Å².